The van der Waals surface area contributed by atoms with Crippen molar-refractivity contribution in [2.75, 3.05) is 12.3 Å². The van der Waals surface area contributed by atoms with Crippen molar-refractivity contribution in [3.63, 3.8) is 0 Å². The van der Waals surface area contributed by atoms with Gasteiger partial charge in [0.1, 0.15) is 4.91 Å². The summed E-state index contributed by atoms with van der Waals surface area (Å²) >= 11 is 11.7. The Kier molecular flexibility index (Phi) is 5.08. The summed E-state index contributed by atoms with van der Waals surface area (Å²) in [6.07, 6.45) is 4.85. The number of amides is 1. The number of rotatable bonds is 2. The van der Waals surface area contributed by atoms with Crippen LogP contribution in [-0.2, 0) is 14.6 Å². The van der Waals surface area contributed by atoms with E-state index in [0.29, 0.717) is 23.0 Å². The minimum Gasteiger partial charge on any atom is -0.351 e. The van der Waals surface area contributed by atoms with Crippen molar-refractivity contribution in [1.29, 1.82) is 0 Å². The molecule has 1 aliphatic heterocycles. The third-order valence-corrected chi connectivity index (χ3v) is 5.11. The molecule has 0 bridgehead atoms. The van der Waals surface area contributed by atoms with Gasteiger partial charge in [-0.3, -0.25) is 4.79 Å². The Morgan fingerprint density at radius 1 is 1.14 bits per heavy atom. The van der Waals surface area contributed by atoms with E-state index in [1.807, 2.05) is 0 Å². The summed E-state index contributed by atoms with van der Waals surface area (Å²) in [5.74, 6) is -0.602. The molecule has 0 aliphatic carbocycles. The third kappa shape index (κ3) is 4.33. The zero-order valence-corrected chi connectivity index (χ0v) is 13.3. The van der Waals surface area contributed by atoms with E-state index in [0.717, 1.165) is 5.56 Å². The normalized spacial score (nSPS) is 20.5. The number of hydrogen-bond acceptors (Lipinski definition) is 3. The number of carbonyl (C=O) groups is 1. The van der Waals surface area contributed by atoms with Gasteiger partial charge in [0.05, 0.1) is 5.75 Å². The highest BCUT2D eigenvalue weighted by atomic mass is 35.5. The minimum absolute atomic E-state index is 0.0333. The van der Waals surface area contributed by atoms with Gasteiger partial charge < -0.3 is 5.32 Å². The maximum Gasteiger partial charge on any atom is 0.262 e. The van der Waals surface area contributed by atoms with E-state index < -0.39 is 15.7 Å². The van der Waals surface area contributed by atoms with E-state index in [1.165, 1.54) is 12.2 Å². The standard InChI is InChI=1S/C14H13Cl2NO3S/c15-11-7-10(8-12(16)9-11)3-1-4-13-14(18)17-5-2-6-21(13,19)20/h1,3-4,7-9H,2,5-6H2,(H,17,18)/b3-1+,13-4+. The summed E-state index contributed by atoms with van der Waals surface area (Å²) in [5.41, 5.74) is 0.718. The summed E-state index contributed by atoms with van der Waals surface area (Å²) in [5, 5.41) is 3.52. The Morgan fingerprint density at radius 2 is 1.81 bits per heavy atom. The fourth-order valence-electron chi connectivity index (χ4n) is 1.90. The van der Waals surface area contributed by atoms with Crippen LogP contribution in [0.25, 0.3) is 6.08 Å². The molecule has 1 amide bonds. The molecule has 4 nitrogen and oxygen atoms in total. The van der Waals surface area contributed by atoms with Crippen LogP contribution in [0.2, 0.25) is 10.0 Å². The lowest BCUT2D eigenvalue weighted by Gasteiger charge is -2.01. The van der Waals surface area contributed by atoms with Crippen LogP contribution in [0.1, 0.15) is 12.0 Å². The smallest absolute Gasteiger partial charge is 0.262 e. The molecule has 1 heterocycles. The summed E-state index contributed by atoms with van der Waals surface area (Å²) < 4.78 is 23.9. The van der Waals surface area contributed by atoms with Crippen molar-refractivity contribution in [3.8, 4) is 0 Å². The fourth-order valence-corrected chi connectivity index (χ4v) is 3.83. The number of halogens is 2. The highest BCUT2D eigenvalue weighted by Crippen LogP contribution is 2.20. The maximum absolute atomic E-state index is 12.0. The molecule has 0 aromatic heterocycles. The average Bonchev–Trinajstić information content (AvgIpc) is 2.49. The maximum atomic E-state index is 12.0. The minimum atomic E-state index is -3.53. The van der Waals surface area contributed by atoms with Crippen LogP contribution in [0.5, 0.6) is 0 Å². The zero-order chi connectivity index (χ0) is 15.5. The number of sulfone groups is 1. The second-order valence-electron chi connectivity index (χ2n) is 4.52. The van der Waals surface area contributed by atoms with E-state index in [9.17, 15) is 13.2 Å². The third-order valence-electron chi connectivity index (χ3n) is 2.86. The summed E-state index contributed by atoms with van der Waals surface area (Å²) in [6.45, 7) is 0.364. The van der Waals surface area contributed by atoms with E-state index in [-0.39, 0.29) is 10.7 Å². The zero-order valence-electron chi connectivity index (χ0n) is 11.0. The van der Waals surface area contributed by atoms with Crippen LogP contribution in [0.4, 0.5) is 0 Å². The molecular formula is C14H13Cl2NO3S. The number of allylic oxidation sites excluding steroid dienone is 2. The summed E-state index contributed by atoms with van der Waals surface area (Å²) in [6, 6.07) is 4.97. The average molecular weight is 346 g/mol. The van der Waals surface area contributed by atoms with Crippen LogP contribution in [0, 0.1) is 0 Å². The van der Waals surface area contributed by atoms with E-state index in [4.69, 9.17) is 23.2 Å². The molecule has 0 radical (unpaired) electrons. The first-order valence-corrected chi connectivity index (χ1v) is 8.65. The van der Waals surface area contributed by atoms with Gasteiger partial charge in [0.15, 0.2) is 9.84 Å². The molecule has 1 aromatic carbocycles. The van der Waals surface area contributed by atoms with Crippen LogP contribution in [0.3, 0.4) is 0 Å². The molecule has 0 atom stereocenters. The Morgan fingerprint density at radius 3 is 2.48 bits per heavy atom. The van der Waals surface area contributed by atoms with E-state index in [2.05, 4.69) is 5.32 Å². The number of carbonyl (C=O) groups excluding carboxylic acids is 1. The molecule has 2 rings (SSSR count). The highest BCUT2D eigenvalue weighted by Gasteiger charge is 2.26. The monoisotopic (exact) mass is 345 g/mol. The van der Waals surface area contributed by atoms with Crippen LogP contribution < -0.4 is 5.32 Å². The molecule has 1 aliphatic rings. The number of hydrogen-bond donors (Lipinski definition) is 1. The fraction of sp³-hybridized carbons (Fsp3) is 0.214. The summed E-state index contributed by atoms with van der Waals surface area (Å²) in [4.78, 5) is 11.5. The predicted octanol–water partition coefficient (Wildman–Crippen LogP) is 2.83. The molecule has 1 N–H and O–H groups in total. The number of nitrogens with one attached hydrogen (secondary N) is 1. The first-order valence-electron chi connectivity index (χ1n) is 6.24. The van der Waals surface area contributed by atoms with Crippen molar-refractivity contribution in [2.45, 2.75) is 6.42 Å². The molecule has 112 valence electrons. The molecule has 0 unspecified atom stereocenters. The van der Waals surface area contributed by atoms with E-state index in [1.54, 1.807) is 24.3 Å². The van der Waals surface area contributed by atoms with Gasteiger partial charge in [0.2, 0.25) is 0 Å². The van der Waals surface area contributed by atoms with Crippen molar-refractivity contribution in [1.82, 2.24) is 5.32 Å². The van der Waals surface area contributed by atoms with Crippen molar-refractivity contribution in [3.05, 3.63) is 50.9 Å². The van der Waals surface area contributed by atoms with Crippen molar-refractivity contribution >= 4 is 45.0 Å². The lowest BCUT2D eigenvalue weighted by atomic mass is 10.2. The first kappa shape index (κ1) is 16.1. The van der Waals surface area contributed by atoms with Gasteiger partial charge in [-0.25, -0.2) is 8.42 Å². The van der Waals surface area contributed by atoms with Gasteiger partial charge in [0, 0.05) is 16.6 Å². The van der Waals surface area contributed by atoms with E-state index >= 15 is 0 Å². The lowest BCUT2D eigenvalue weighted by molar-refractivity contribution is -0.116. The SMILES string of the molecule is O=C1NCCCS(=O)(=O)/C1=C/C=C/c1cc(Cl)cc(Cl)c1. The molecule has 7 heteroatoms. The molecular weight excluding hydrogens is 333 g/mol. The van der Waals surface area contributed by atoms with Gasteiger partial charge in [-0.05, 0) is 36.3 Å². The van der Waals surface area contributed by atoms with Gasteiger partial charge in [-0.2, -0.15) is 0 Å². The van der Waals surface area contributed by atoms with Crippen LogP contribution >= 0.6 is 23.2 Å². The molecule has 0 saturated carbocycles. The molecule has 21 heavy (non-hydrogen) atoms. The molecule has 0 spiro atoms. The first-order chi connectivity index (χ1) is 9.88. The van der Waals surface area contributed by atoms with Crippen molar-refractivity contribution in [2.24, 2.45) is 0 Å². The second-order valence-corrected chi connectivity index (χ2v) is 7.47. The molecule has 1 saturated heterocycles. The molecule has 1 fully saturated rings. The Hall–Kier alpha value is -1.30. The lowest BCUT2D eigenvalue weighted by Crippen LogP contribution is -2.25. The molecule has 1 aromatic rings. The predicted molar refractivity (Wildman–Crippen MR) is 85.0 cm³/mol. The van der Waals surface area contributed by atoms with Gasteiger partial charge >= 0.3 is 0 Å². The van der Waals surface area contributed by atoms with Crippen LogP contribution in [0.15, 0.2) is 35.3 Å². The summed E-state index contributed by atoms with van der Waals surface area (Å²) in [7, 11) is -3.53. The second kappa shape index (κ2) is 6.64. The Labute approximate surface area is 133 Å². The van der Waals surface area contributed by atoms with Gasteiger partial charge in [-0.1, -0.05) is 35.4 Å². The van der Waals surface area contributed by atoms with Gasteiger partial charge in [-0.15, -0.1) is 0 Å². The number of benzene rings is 1. The van der Waals surface area contributed by atoms with Crippen molar-refractivity contribution < 1.29 is 13.2 Å². The Balaban J connectivity index is 2.29. The highest BCUT2D eigenvalue weighted by molar-refractivity contribution is 7.96. The Bertz CT molecular complexity index is 703. The largest absolute Gasteiger partial charge is 0.351 e. The van der Waals surface area contributed by atoms with Crippen LogP contribution in [-0.4, -0.2) is 26.6 Å². The topological polar surface area (TPSA) is 63.2 Å². The quantitative estimate of drug-likeness (QED) is 0.838. The van der Waals surface area contributed by atoms with Gasteiger partial charge in [0.25, 0.3) is 5.91 Å².